The standard InChI is InChI=1S/C6H13O4PS/c1-4-9-11(8,10-5-2)6(7)12-3/h4-5H2,1-3H3. The monoisotopic (exact) mass is 212 g/mol. The highest BCUT2D eigenvalue weighted by Crippen LogP contribution is 2.52. The maximum atomic E-state index is 11.5. The Morgan fingerprint density at radius 2 is 1.75 bits per heavy atom. The molecule has 0 aliphatic rings. The summed E-state index contributed by atoms with van der Waals surface area (Å²) in [7, 11) is -3.49. The maximum absolute atomic E-state index is 11.5. The van der Waals surface area contributed by atoms with Gasteiger partial charge in [-0.15, -0.1) is 0 Å². The molecule has 0 aromatic heterocycles. The van der Waals surface area contributed by atoms with Gasteiger partial charge in [0.2, 0.25) is 0 Å². The van der Waals surface area contributed by atoms with Crippen molar-refractivity contribution in [3.8, 4) is 0 Å². The first kappa shape index (κ1) is 12.2. The van der Waals surface area contributed by atoms with Gasteiger partial charge in [0.25, 0.3) is 4.86 Å². The Balaban J connectivity index is 4.38. The smallest absolute Gasteiger partial charge is 0.303 e. The van der Waals surface area contributed by atoms with Crippen molar-refractivity contribution in [3.63, 3.8) is 0 Å². The minimum Gasteiger partial charge on any atom is -0.303 e. The first-order valence-electron chi connectivity index (χ1n) is 3.58. The highest BCUT2D eigenvalue weighted by molar-refractivity contribution is 8.24. The van der Waals surface area contributed by atoms with Crippen molar-refractivity contribution in [1.82, 2.24) is 0 Å². The van der Waals surface area contributed by atoms with Crippen LogP contribution in [0.25, 0.3) is 0 Å². The average molecular weight is 212 g/mol. The third-order valence-electron chi connectivity index (χ3n) is 0.996. The fraction of sp³-hybridized carbons (Fsp3) is 0.833. The molecule has 0 bridgehead atoms. The lowest BCUT2D eigenvalue weighted by Crippen LogP contribution is -2.01. The number of hydrogen-bond acceptors (Lipinski definition) is 5. The van der Waals surface area contributed by atoms with E-state index in [0.717, 1.165) is 11.8 Å². The second kappa shape index (κ2) is 5.75. The summed E-state index contributed by atoms with van der Waals surface area (Å²) in [6.07, 6.45) is 1.55. The zero-order valence-electron chi connectivity index (χ0n) is 7.40. The van der Waals surface area contributed by atoms with Gasteiger partial charge in [0.05, 0.1) is 13.2 Å². The van der Waals surface area contributed by atoms with Gasteiger partial charge >= 0.3 is 7.60 Å². The van der Waals surface area contributed by atoms with Crippen molar-refractivity contribution in [3.05, 3.63) is 0 Å². The van der Waals surface area contributed by atoms with E-state index >= 15 is 0 Å². The molecule has 72 valence electrons. The Hall–Kier alpha value is 0.170. The molecule has 0 spiro atoms. The fourth-order valence-electron chi connectivity index (χ4n) is 0.594. The van der Waals surface area contributed by atoms with E-state index in [2.05, 4.69) is 0 Å². The molecule has 0 unspecified atom stereocenters. The molecule has 0 atom stereocenters. The minimum atomic E-state index is -3.49. The Kier molecular flexibility index (Phi) is 5.84. The Morgan fingerprint density at radius 3 is 2.00 bits per heavy atom. The number of rotatable bonds is 5. The molecule has 0 radical (unpaired) electrons. The second-order valence-corrected chi connectivity index (χ2v) is 4.80. The van der Waals surface area contributed by atoms with Crippen molar-refractivity contribution in [2.24, 2.45) is 0 Å². The first-order valence-corrected chi connectivity index (χ1v) is 6.35. The van der Waals surface area contributed by atoms with Crippen LogP contribution in [0.2, 0.25) is 0 Å². The Bertz CT molecular complexity index is 184. The third kappa shape index (κ3) is 3.27. The van der Waals surface area contributed by atoms with Crippen LogP contribution in [0.3, 0.4) is 0 Å². The first-order chi connectivity index (χ1) is 5.60. The minimum absolute atomic E-state index is 0.212. The molecule has 0 saturated heterocycles. The zero-order valence-corrected chi connectivity index (χ0v) is 9.11. The second-order valence-electron chi connectivity index (χ2n) is 1.80. The van der Waals surface area contributed by atoms with Gasteiger partial charge in [-0.25, -0.2) is 0 Å². The number of thioether (sulfide) groups is 1. The Labute approximate surface area is 76.5 Å². The van der Waals surface area contributed by atoms with Crippen LogP contribution in [0, 0.1) is 0 Å². The number of carbonyl (C=O) groups excluding carboxylic acids is 1. The molecule has 0 N–H and O–H groups in total. The van der Waals surface area contributed by atoms with E-state index in [-0.39, 0.29) is 13.2 Å². The quantitative estimate of drug-likeness (QED) is 0.656. The fourth-order valence-corrected chi connectivity index (χ4v) is 2.77. The van der Waals surface area contributed by atoms with Gasteiger partial charge in [-0.2, -0.15) is 0 Å². The van der Waals surface area contributed by atoms with Gasteiger partial charge in [0.15, 0.2) is 0 Å². The van der Waals surface area contributed by atoms with Gasteiger partial charge in [0, 0.05) is 0 Å². The van der Waals surface area contributed by atoms with Crippen LogP contribution in [0.1, 0.15) is 13.8 Å². The van der Waals surface area contributed by atoms with Crippen LogP contribution in [0.5, 0.6) is 0 Å². The lowest BCUT2D eigenvalue weighted by Gasteiger charge is -2.13. The Morgan fingerprint density at radius 1 is 1.33 bits per heavy atom. The van der Waals surface area contributed by atoms with Crippen LogP contribution in [-0.4, -0.2) is 24.3 Å². The third-order valence-corrected chi connectivity index (χ3v) is 4.21. The highest BCUT2D eigenvalue weighted by atomic mass is 32.2. The average Bonchev–Trinajstić information content (AvgIpc) is 2.04. The van der Waals surface area contributed by atoms with E-state index in [0.29, 0.717) is 0 Å². The van der Waals surface area contributed by atoms with Crippen molar-refractivity contribution in [2.75, 3.05) is 19.5 Å². The number of hydrogen-bond donors (Lipinski definition) is 0. The van der Waals surface area contributed by atoms with Crippen molar-refractivity contribution in [2.45, 2.75) is 13.8 Å². The van der Waals surface area contributed by atoms with Gasteiger partial charge in [-0.1, -0.05) is 11.8 Å². The van der Waals surface area contributed by atoms with E-state index in [1.54, 1.807) is 20.1 Å². The molecule has 0 heterocycles. The molecule has 0 saturated carbocycles. The van der Waals surface area contributed by atoms with Crippen LogP contribution >= 0.6 is 19.4 Å². The molecule has 4 nitrogen and oxygen atoms in total. The van der Waals surface area contributed by atoms with E-state index in [1.165, 1.54) is 0 Å². The van der Waals surface area contributed by atoms with Crippen molar-refractivity contribution >= 4 is 24.2 Å². The normalized spacial score (nSPS) is 11.6. The molecule has 0 aliphatic carbocycles. The summed E-state index contributed by atoms with van der Waals surface area (Å²) in [5.41, 5.74) is 0. The molecule has 0 aliphatic heterocycles. The zero-order chi connectivity index (χ0) is 9.61. The summed E-state index contributed by atoms with van der Waals surface area (Å²) in [4.78, 5) is 10.5. The molecule has 0 fully saturated rings. The van der Waals surface area contributed by atoms with Crippen molar-refractivity contribution < 1.29 is 18.4 Å². The van der Waals surface area contributed by atoms with Gasteiger partial charge in [-0.05, 0) is 20.1 Å². The summed E-state index contributed by atoms with van der Waals surface area (Å²) >= 11 is 0.860. The van der Waals surface area contributed by atoms with Gasteiger partial charge < -0.3 is 9.05 Å². The van der Waals surface area contributed by atoms with Crippen LogP contribution in [0.4, 0.5) is 4.79 Å². The molecule has 6 heteroatoms. The predicted octanol–water partition coefficient (Wildman–Crippen LogP) is 2.74. The van der Waals surface area contributed by atoms with E-state index < -0.39 is 12.5 Å². The summed E-state index contributed by atoms with van der Waals surface area (Å²) < 4.78 is 21.1. The maximum Gasteiger partial charge on any atom is 0.407 e. The SMILES string of the molecule is CCOP(=O)(OCC)C(=O)SC. The molecule has 12 heavy (non-hydrogen) atoms. The molecule has 0 rings (SSSR count). The summed E-state index contributed by atoms with van der Waals surface area (Å²) in [6.45, 7) is 3.76. The predicted molar refractivity (Wildman–Crippen MR) is 49.8 cm³/mol. The van der Waals surface area contributed by atoms with Crippen LogP contribution in [0.15, 0.2) is 0 Å². The van der Waals surface area contributed by atoms with E-state index in [1.807, 2.05) is 0 Å². The lowest BCUT2D eigenvalue weighted by molar-refractivity contribution is 0.216. The summed E-state index contributed by atoms with van der Waals surface area (Å²) in [6, 6.07) is 0. The molecule has 0 amide bonds. The molecular formula is C6H13O4PS. The van der Waals surface area contributed by atoms with Crippen LogP contribution < -0.4 is 0 Å². The highest BCUT2D eigenvalue weighted by Gasteiger charge is 2.33. The number of carbonyl (C=O) groups is 1. The largest absolute Gasteiger partial charge is 0.407 e. The van der Waals surface area contributed by atoms with E-state index in [4.69, 9.17) is 9.05 Å². The van der Waals surface area contributed by atoms with Crippen LogP contribution in [-0.2, 0) is 13.6 Å². The molecule has 0 aromatic rings. The van der Waals surface area contributed by atoms with Gasteiger partial charge in [-0.3, -0.25) is 9.36 Å². The molecular weight excluding hydrogens is 199 g/mol. The summed E-state index contributed by atoms with van der Waals surface area (Å²) in [5.74, 6) is 0. The summed E-state index contributed by atoms with van der Waals surface area (Å²) in [5, 5.41) is 0. The van der Waals surface area contributed by atoms with Gasteiger partial charge in [0.1, 0.15) is 0 Å². The lowest BCUT2D eigenvalue weighted by atomic mass is 10.9. The topological polar surface area (TPSA) is 52.6 Å². The van der Waals surface area contributed by atoms with Crippen molar-refractivity contribution in [1.29, 1.82) is 0 Å². The molecule has 0 aromatic carbocycles. The van der Waals surface area contributed by atoms with E-state index in [9.17, 15) is 9.36 Å².